The third-order valence-corrected chi connectivity index (χ3v) is 2.76. The lowest BCUT2D eigenvalue weighted by molar-refractivity contribution is -0.119. The molecule has 1 aromatic rings. The Morgan fingerprint density at radius 1 is 1.69 bits per heavy atom. The van der Waals surface area contributed by atoms with Gasteiger partial charge < -0.3 is 10.6 Å². The fraction of sp³-hybridized carbons (Fsp3) is 0.364. The summed E-state index contributed by atoms with van der Waals surface area (Å²) < 4.78 is 0. The van der Waals surface area contributed by atoms with E-state index in [2.05, 4.69) is 11.1 Å². The van der Waals surface area contributed by atoms with Crippen LogP contribution in [0.15, 0.2) is 18.3 Å². The molecule has 16 heavy (non-hydrogen) atoms. The predicted octanol–water partition coefficient (Wildman–Crippen LogP) is 0.407. The third kappa shape index (κ3) is 1.70. The van der Waals surface area contributed by atoms with Crippen LogP contribution in [0.2, 0.25) is 0 Å². The van der Waals surface area contributed by atoms with Gasteiger partial charge in [0.25, 0.3) is 0 Å². The summed E-state index contributed by atoms with van der Waals surface area (Å²) in [6.45, 7) is 0.722. The van der Waals surface area contributed by atoms with Gasteiger partial charge in [0, 0.05) is 12.7 Å². The molecular weight excluding hydrogens is 204 g/mol. The highest BCUT2D eigenvalue weighted by atomic mass is 16.1. The monoisotopic (exact) mass is 216 g/mol. The van der Waals surface area contributed by atoms with Crippen LogP contribution in [0.1, 0.15) is 18.4 Å². The van der Waals surface area contributed by atoms with Gasteiger partial charge in [-0.3, -0.25) is 4.79 Å². The second kappa shape index (κ2) is 4.19. The molecule has 1 amide bonds. The van der Waals surface area contributed by atoms with Crippen LogP contribution >= 0.6 is 0 Å². The van der Waals surface area contributed by atoms with Crippen molar-refractivity contribution in [2.75, 3.05) is 11.4 Å². The number of primary amides is 1. The van der Waals surface area contributed by atoms with Gasteiger partial charge in [-0.05, 0) is 25.0 Å². The number of anilines is 1. The van der Waals surface area contributed by atoms with Crippen molar-refractivity contribution in [1.82, 2.24) is 4.98 Å². The van der Waals surface area contributed by atoms with E-state index in [0.717, 1.165) is 19.4 Å². The topological polar surface area (TPSA) is 83.0 Å². The lowest BCUT2D eigenvalue weighted by Gasteiger charge is -2.23. The van der Waals surface area contributed by atoms with Gasteiger partial charge in [0.1, 0.15) is 17.9 Å². The molecule has 1 saturated heterocycles. The number of nitrogens with two attached hydrogens (primary N) is 1. The Morgan fingerprint density at radius 3 is 3.19 bits per heavy atom. The van der Waals surface area contributed by atoms with Crippen LogP contribution in [0.4, 0.5) is 5.82 Å². The van der Waals surface area contributed by atoms with Crippen molar-refractivity contribution in [3.05, 3.63) is 23.9 Å². The number of amides is 1. The molecule has 82 valence electrons. The number of hydrogen-bond acceptors (Lipinski definition) is 4. The minimum Gasteiger partial charge on any atom is -0.368 e. The summed E-state index contributed by atoms with van der Waals surface area (Å²) in [7, 11) is 0. The zero-order valence-electron chi connectivity index (χ0n) is 8.76. The highest BCUT2D eigenvalue weighted by Gasteiger charge is 2.31. The van der Waals surface area contributed by atoms with Gasteiger partial charge >= 0.3 is 0 Å². The van der Waals surface area contributed by atoms with E-state index in [0.29, 0.717) is 11.4 Å². The molecule has 0 aliphatic carbocycles. The quantitative estimate of drug-likeness (QED) is 0.776. The average molecular weight is 216 g/mol. The summed E-state index contributed by atoms with van der Waals surface area (Å²) in [6, 6.07) is 5.14. The van der Waals surface area contributed by atoms with Gasteiger partial charge in [-0.1, -0.05) is 0 Å². The van der Waals surface area contributed by atoms with Crippen molar-refractivity contribution < 1.29 is 4.79 Å². The Morgan fingerprint density at radius 2 is 2.50 bits per heavy atom. The lowest BCUT2D eigenvalue weighted by atomic mass is 10.2. The van der Waals surface area contributed by atoms with Gasteiger partial charge in [0.15, 0.2) is 0 Å². The molecule has 1 atom stereocenters. The van der Waals surface area contributed by atoms with Crippen LogP contribution < -0.4 is 10.6 Å². The maximum atomic E-state index is 11.3. The molecule has 0 spiro atoms. The van der Waals surface area contributed by atoms with Crippen LogP contribution in [0, 0.1) is 11.3 Å². The first kappa shape index (κ1) is 10.4. The maximum absolute atomic E-state index is 11.3. The Kier molecular flexibility index (Phi) is 2.73. The van der Waals surface area contributed by atoms with Crippen molar-refractivity contribution in [3.8, 4) is 6.07 Å². The van der Waals surface area contributed by atoms with Crippen LogP contribution in [0.25, 0.3) is 0 Å². The van der Waals surface area contributed by atoms with E-state index >= 15 is 0 Å². The summed E-state index contributed by atoms with van der Waals surface area (Å²) >= 11 is 0. The Bertz CT molecular complexity index is 452. The van der Waals surface area contributed by atoms with Gasteiger partial charge in [-0.15, -0.1) is 0 Å². The molecule has 0 radical (unpaired) electrons. The smallest absolute Gasteiger partial charge is 0.240 e. The molecule has 2 heterocycles. The van der Waals surface area contributed by atoms with E-state index < -0.39 is 0 Å². The summed E-state index contributed by atoms with van der Waals surface area (Å²) in [5.41, 5.74) is 5.81. The molecule has 1 aliphatic rings. The summed E-state index contributed by atoms with van der Waals surface area (Å²) in [5.74, 6) is 0.207. The fourth-order valence-corrected chi connectivity index (χ4v) is 2.03. The molecule has 2 rings (SSSR count). The van der Waals surface area contributed by atoms with Crippen molar-refractivity contribution in [2.24, 2.45) is 5.73 Å². The zero-order valence-corrected chi connectivity index (χ0v) is 8.76. The van der Waals surface area contributed by atoms with Gasteiger partial charge in [-0.2, -0.15) is 5.26 Å². The molecule has 0 saturated carbocycles. The standard InChI is InChI=1S/C11H12N4O/c12-7-8-3-1-5-14-11(8)15-6-2-4-9(15)10(13)16/h1,3,5,9H,2,4,6H2,(H2,13,16)/t9-/m0/s1. The highest BCUT2D eigenvalue weighted by Crippen LogP contribution is 2.25. The number of rotatable bonds is 2. The SMILES string of the molecule is N#Cc1cccnc1N1CCC[C@H]1C(N)=O. The number of carbonyl (C=O) groups is 1. The normalized spacial score (nSPS) is 19.4. The largest absolute Gasteiger partial charge is 0.368 e. The summed E-state index contributed by atoms with van der Waals surface area (Å²) in [6.07, 6.45) is 3.25. The molecule has 0 unspecified atom stereocenters. The zero-order chi connectivity index (χ0) is 11.5. The molecule has 5 nitrogen and oxygen atoms in total. The minimum atomic E-state index is -0.355. The van der Waals surface area contributed by atoms with E-state index in [-0.39, 0.29) is 11.9 Å². The van der Waals surface area contributed by atoms with Crippen LogP contribution in [-0.2, 0) is 4.79 Å². The van der Waals surface area contributed by atoms with Gasteiger partial charge in [0.2, 0.25) is 5.91 Å². The molecule has 2 N–H and O–H groups in total. The van der Waals surface area contributed by atoms with Gasteiger partial charge in [0.05, 0.1) is 5.56 Å². The minimum absolute atomic E-state index is 0.331. The van der Waals surface area contributed by atoms with Crippen molar-refractivity contribution in [1.29, 1.82) is 5.26 Å². The molecule has 0 bridgehead atoms. The molecule has 1 fully saturated rings. The first-order valence-electron chi connectivity index (χ1n) is 5.15. The van der Waals surface area contributed by atoms with E-state index in [4.69, 9.17) is 11.0 Å². The van der Waals surface area contributed by atoms with E-state index in [9.17, 15) is 4.79 Å². The van der Waals surface area contributed by atoms with Crippen LogP contribution in [0.3, 0.4) is 0 Å². The Hall–Kier alpha value is -2.09. The van der Waals surface area contributed by atoms with Crippen LogP contribution in [-0.4, -0.2) is 23.5 Å². The molecular formula is C11H12N4O. The molecule has 1 aliphatic heterocycles. The first-order chi connectivity index (χ1) is 7.74. The molecule has 5 heteroatoms. The summed E-state index contributed by atoms with van der Waals surface area (Å²) in [4.78, 5) is 17.2. The maximum Gasteiger partial charge on any atom is 0.240 e. The van der Waals surface area contributed by atoms with E-state index in [1.807, 2.05) is 4.90 Å². The van der Waals surface area contributed by atoms with Crippen molar-refractivity contribution in [2.45, 2.75) is 18.9 Å². The van der Waals surface area contributed by atoms with Crippen LogP contribution in [0.5, 0.6) is 0 Å². The van der Waals surface area contributed by atoms with E-state index in [1.54, 1.807) is 18.3 Å². The first-order valence-corrected chi connectivity index (χ1v) is 5.15. The fourth-order valence-electron chi connectivity index (χ4n) is 2.03. The highest BCUT2D eigenvalue weighted by molar-refractivity contribution is 5.84. The van der Waals surface area contributed by atoms with Crippen molar-refractivity contribution in [3.63, 3.8) is 0 Å². The van der Waals surface area contributed by atoms with Gasteiger partial charge in [-0.25, -0.2) is 4.98 Å². The molecule has 0 aromatic carbocycles. The third-order valence-electron chi connectivity index (χ3n) is 2.76. The predicted molar refractivity (Wildman–Crippen MR) is 58.5 cm³/mol. The second-order valence-electron chi connectivity index (χ2n) is 3.74. The number of hydrogen-bond donors (Lipinski definition) is 1. The number of aromatic nitrogens is 1. The Balaban J connectivity index is 2.37. The number of nitriles is 1. The lowest BCUT2D eigenvalue weighted by Crippen LogP contribution is -2.41. The Labute approximate surface area is 93.5 Å². The van der Waals surface area contributed by atoms with E-state index in [1.165, 1.54) is 0 Å². The number of nitrogens with zero attached hydrogens (tertiary/aromatic N) is 3. The summed E-state index contributed by atoms with van der Waals surface area (Å²) in [5, 5.41) is 8.97. The average Bonchev–Trinajstić information content (AvgIpc) is 2.77. The number of pyridine rings is 1. The van der Waals surface area contributed by atoms with Crippen molar-refractivity contribution >= 4 is 11.7 Å². The number of carbonyl (C=O) groups excluding carboxylic acids is 1. The molecule has 1 aromatic heterocycles. The second-order valence-corrected chi connectivity index (χ2v) is 3.74.